The van der Waals surface area contributed by atoms with E-state index in [0.717, 1.165) is 89.9 Å². The fourth-order valence-corrected chi connectivity index (χ4v) is 9.46. The summed E-state index contributed by atoms with van der Waals surface area (Å²) in [5.41, 5.74) is 0. The molecule has 0 saturated carbocycles. The van der Waals surface area contributed by atoms with E-state index in [0.29, 0.717) is 30.3 Å². The lowest BCUT2D eigenvalue weighted by Gasteiger charge is -2.30. The van der Waals surface area contributed by atoms with Crippen LogP contribution >= 0.6 is 7.82 Å². The molecule has 0 aliphatic heterocycles. The zero-order valence-corrected chi connectivity index (χ0v) is 50.6. The quantitative estimate of drug-likeness (QED) is 0.0212. The zero-order chi connectivity index (χ0) is 55.0. The summed E-state index contributed by atoms with van der Waals surface area (Å²) in [7, 11) is 1.17. The van der Waals surface area contributed by atoms with Gasteiger partial charge in [-0.1, -0.05) is 235 Å². The number of hydrogen-bond acceptors (Lipinski definition) is 7. The fourth-order valence-electron chi connectivity index (χ4n) is 8.74. The number of carbonyl (C=O) groups excluding carboxylic acids is 2. The van der Waals surface area contributed by atoms with Crippen molar-refractivity contribution in [2.75, 3.05) is 40.9 Å². The molecule has 0 rings (SSSR count). The van der Waals surface area contributed by atoms with Crippen LogP contribution in [0.2, 0.25) is 0 Å². The summed E-state index contributed by atoms with van der Waals surface area (Å²) in [6.45, 7) is 6.79. The number of nitrogens with zero attached hydrogens (tertiary/aromatic N) is 1. The van der Waals surface area contributed by atoms with Gasteiger partial charge in [-0.25, -0.2) is 0 Å². The normalized spacial score (nSPS) is 14.2. The Morgan fingerprint density at radius 3 is 1.27 bits per heavy atom. The number of ether oxygens (including phenoxy) is 1. The van der Waals surface area contributed by atoms with Crippen molar-refractivity contribution in [1.29, 1.82) is 0 Å². The maximum Gasteiger partial charge on any atom is 0.306 e. The average molecular weight is 1070 g/mol. The van der Waals surface area contributed by atoms with Crippen molar-refractivity contribution in [3.05, 3.63) is 72.9 Å². The van der Waals surface area contributed by atoms with E-state index >= 15 is 0 Å². The first-order chi connectivity index (χ1) is 36.4. The lowest BCUT2D eigenvalue weighted by Crippen LogP contribution is -2.47. The second-order valence-electron chi connectivity index (χ2n) is 22.2. The van der Waals surface area contributed by atoms with E-state index in [2.05, 4.69) is 86.8 Å². The van der Waals surface area contributed by atoms with Crippen LogP contribution in [0.15, 0.2) is 72.9 Å². The summed E-state index contributed by atoms with van der Waals surface area (Å²) < 4.78 is 30.3. The molecule has 0 aromatic rings. The molecule has 0 heterocycles. The van der Waals surface area contributed by atoms with E-state index in [1.54, 1.807) is 0 Å². The van der Waals surface area contributed by atoms with Crippen LogP contribution in [-0.2, 0) is 27.9 Å². The summed E-state index contributed by atoms with van der Waals surface area (Å²) >= 11 is 0. The Hall–Kier alpha value is -2.55. The Balaban J connectivity index is 5.26. The Labute approximate surface area is 463 Å². The van der Waals surface area contributed by atoms with Gasteiger partial charge in [0.25, 0.3) is 7.82 Å². The number of quaternary nitrogens is 1. The SMILES string of the molecule is CCCCC/C=C\C/C=C\C/C=C\C/C=C\CCCCCCCCCC(=O)OC(/C=C\CCCCCCCCCCCCC)C(COP(=O)([O-])OCC[N+](C)(C)C)NC(=O)CCCCC/C=C\CCCCCCCC. The lowest BCUT2D eigenvalue weighted by atomic mass is 10.0. The average Bonchev–Trinajstić information content (AvgIpc) is 3.37. The third kappa shape index (κ3) is 56.0. The minimum Gasteiger partial charge on any atom is -0.756 e. The van der Waals surface area contributed by atoms with Crippen LogP contribution in [0.1, 0.15) is 278 Å². The van der Waals surface area contributed by atoms with Gasteiger partial charge < -0.3 is 28.5 Å². The first-order valence-corrected chi connectivity index (χ1v) is 32.7. The Bertz CT molecular complexity index is 1510. The van der Waals surface area contributed by atoms with E-state index in [4.69, 9.17) is 13.8 Å². The van der Waals surface area contributed by atoms with Crippen molar-refractivity contribution < 1.29 is 37.3 Å². The molecule has 10 heteroatoms. The number of unbranched alkanes of at least 4 members (excludes halogenated alkanes) is 30. The summed E-state index contributed by atoms with van der Waals surface area (Å²) in [5, 5.41) is 3.01. The van der Waals surface area contributed by atoms with Gasteiger partial charge in [0.15, 0.2) is 0 Å². The number of phosphoric acid groups is 1. The molecule has 3 unspecified atom stereocenters. The van der Waals surface area contributed by atoms with Gasteiger partial charge in [-0.2, -0.15) is 0 Å². The predicted molar refractivity (Wildman–Crippen MR) is 321 cm³/mol. The van der Waals surface area contributed by atoms with Crippen LogP contribution in [0.25, 0.3) is 0 Å². The maximum absolute atomic E-state index is 13.5. The number of allylic oxidation sites excluding steroid dienone is 11. The van der Waals surface area contributed by atoms with E-state index in [1.165, 1.54) is 141 Å². The summed E-state index contributed by atoms with van der Waals surface area (Å²) in [6, 6.07) is -0.902. The number of esters is 1. The monoisotopic (exact) mass is 1070 g/mol. The molecule has 0 bridgehead atoms. The standard InChI is InChI=1S/C65H119N2O7P/c1-7-10-13-16-19-22-25-28-29-30-31-32-33-34-35-36-37-40-43-46-49-52-55-58-65(69)74-63(56-53-50-47-44-41-38-26-23-20-17-14-11-8-2)62(61-73-75(70,71)72-60-59-67(4,5)6)66-64(68)57-54-51-48-45-42-39-27-24-21-18-15-12-9-3/h19,22,28-29,31-32,34-35,39,42,53,56,62-63H,7-18,20-21,23-27,30,33,36-38,40-41,43-52,54-55,57-61H2,1-6H3,(H-,66,68,70,71)/b22-19-,29-28-,32-31-,35-34-,42-39-,56-53-. The van der Waals surface area contributed by atoms with Gasteiger partial charge in [0.2, 0.25) is 5.91 Å². The van der Waals surface area contributed by atoms with Crippen LogP contribution in [0.3, 0.4) is 0 Å². The smallest absolute Gasteiger partial charge is 0.306 e. The number of hydrogen-bond donors (Lipinski definition) is 1. The molecule has 0 aromatic heterocycles. The highest BCUT2D eigenvalue weighted by Gasteiger charge is 2.27. The number of nitrogens with one attached hydrogen (secondary N) is 1. The Morgan fingerprint density at radius 1 is 0.467 bits per heavy atom. The van der Waals surface area contributed by atoms with Crippen molar-refractivity contribution >= 4 is 19.7 Å². The fraction of sp³-hybridized carbons (Fsp3) is 0.785. The van der Waals surface area contributed by atoms with Crippen molar-refractivity contribution in [1.82, 2.24) is 5.32 Å². The van der Waals surface area contributed by atoms with E-state index in [-0.39, 0.29) is 24.9 Å². The zero-order valence-electron chi connectivity index (χ0n) is 49.7. The summed E-state index contributed by atoms with van der Waals surface area (Å²) in [5.74, 6) is -0.570. The molecule has 436 valence electrons. The van der Waals surface area contributed by atoms with Gasteiger partial charge in [0.1, 0.15) is 19.3 Å². The summed E-state index contributed by atoms with van der Waals surface area (Å²) in [4.78, 5) is 39.9. The number of phosphoric ester groups is 1. The molecule has 0 aliphatic rings. The lowest BCUT2D eigenvalue weighted by molar-refractivity contribution is -0.870. The number of rotatable bonds is 56. The molecule has 0 aromatic carbocycles. The molecule has 0 radical (unpaired) electrons. The second kappa shape index (κ2) is 54.8. The van der Waals surface area contributed by atoms with Crippen LogP contribution in [0, 0.1) is 0 Å². The maximum atomic E-state index is 13.5. The topological polar surface area (TPSA) is 114 Å². The van der Waals surface area contributed by atoms with Crippen molar-refractivity contribution in [3.8, 4) is 0 Å². The molecule has 0 fully saturated rings. The van der Waals surface area contributed by atoms with Gasteiger partial charge in [0, 0.05) is 12.8 Å². The van der Waals surface area contributed by atoms with Gasteiger partial charge >= 0.3 is 5.97 Å². The van der Waals surface area contributed by atoms with E-state index < -0.39 is 26.6 Å². The second-order valence-corrected chi connectivity index (χ2v) is 23.6. The van der Waals surface area contributed by atoms with Gasteiger partial charge in [-0.15, -0.1) is 0 Å². The number of likely N-dealkylation sites (N-methyl/N-ethyl adjacent to an activating group) is 1. The molecule has 0 saturated heterocycles. The Morgan fingerprint density at radius 2 is 0.813 bits per heavy atom. The minimum absolute atomic E-state index is 0.0288. The van der Waals surface area contributed by atoms with Crippen LogP contribution in [0.5, 0.6) is 0 Å². The third-order valence-corrected chi connectivity index (χ3v) is 14.6. The Kier molecular flexibility index (Phi) is 52.9. The van der Waals surface area contributed by atoms with Gasteiger partial charge in [0.05, 0.1) is 33.8 Å². The molecule has 1 N–H and O–H groups in total. The number of carbonyl (C=O) groups is 2. The van der Waals surface area contributed by atoms with Crippen LogP contribution in [-0.4, -0.2) is 69.4 Å². The predicted octanol–water partition coefficient (Wildman–Crippen LogP) is 18.6. The minimum atomic E-state index is -4.71. The van der Waals surface area contributed by atoms with Crippen molar-refractivity contribution in [2.45, 2.75) is 290 Å². The molecule has 9 nitrogen and oxygen atoms in total. The van der Waals surface area contributed by atoms with Crippen LogP contribution in [0.4, 0.5) is 0 Å². The third-order valence-electron chi connectivity index (χ3n) is 13.6. The highest BCUT2D eigenvalue weighted by molar-refractivity contribution is 7.45. The molecular weight excluding hydrogens is 952 g/mol. The first kappa shape index (κ1) is 72.5. The van der Waals surface area contributed by atoms with E-state index in [1.807, 2.05) is 33.3 Å². The molecular formula is C65H119N2O7P. The number of amides is 1. The highest BCUT2D eigenvalue weighted by atomic mass is 31.2. The highest BCUT2D eigenvalue weighted by Crippen LogP contribution is 2.38. The molecule has 75 heavy (non-hydrogen) atoms. The largest absolute Gasteiger partial charge is 0.756 e. The van der Waals surface area contributed by atoms with Gasteiger partial charge in [-0.3, -0.25) is 14.2 Å². The van der Waals surface area contributed by atoms with Crippen LogP contribution < -0.4 is 10.2 Å². The van der Waals surface area contributed by atoms with Gasteiger partial charge in [-0.05, 0) is 102 Å². The molecule has 0 spiro atoms. The van der Waals surface area contributed by atoms with Crippen molar-refractivity contribution in [2.24, 2.45) is 0 Å². The molecule has 1 amide bonds. The first-order valence-electron chi connectivity index (χ1n) is 31.2. The molecule has 0 aliphatic carbocycles. The molecule has 3 atom stereocenters. The summed E-state index contributed by atoms with van der Waals surface area (Å²) in [6.07, 6.45) is 70.1. The van der Waals surface area contributed by atoms with E-state index in [9.17, 15) is 19.0 Å². The van der Waals surface area contributed by atoms with Crippen molar-refractivity contribution in [3.63, 3.8) is 0 Å².